The van der Waals surface area contributed by atoms with Crippen LogP contribution in [0.4, 0.5) is 0 Å². The highest BCUT2D eigenvalue weighted by molar-refractivity contribution is 5.91. The normalized spacial score (nSPS) is 18.7. The maximum absolute atomic E-state index is 12.3. The molecule has 1 fully saturated rings. The average Bonchev–Trinajstić information content (AvgIpc) is 3.08. The topological polar surface area (TPSA) is 42.7 Å². The monoisotopic (exact) mass is 285 g/mol. The first kappa shape index (κ1) is 13.9. The van der Waals surface area contributed by atoms with E-state index >= 15 is 0 Å². The molecule has 2 heterocycles. The van der Waals surface area contributed by atoms with Crippen LogP contribution in [0.25, 0.3) is 0 Å². The highest BCUT2D eigenvalue weighted by Crippen LogP contribution is 2.15. The zero-order chi connectivity index (χ0) is 14.5. The second kappa shape index (κ2) is 6.59. The largest absolute Gasteiger partial charge is 0.459 e. The summed E-state index contributed by atoms with van der Waals surface area (Å²) < 4.78 is 11.0. The number of furan rings is 1. The van der Waals surface area contributed by atoms with E-state index in [2.05, 4.69) is 12.1 Å². The second-order valence-electron chi connectivity index (χ2n) is 5.25. The van der Waals surface area contributed by atoms with Crippen molar-refractivity contribution in [2.24, 2.45) is 0 Å². The molecule has 1 atom stereocenters. The Morgan fingerprint density at radius 1 is 1.19 bits per heavy atom. The van der Waals surface area contributed by atoms with Gasteiger partial charge in [0.2, 0.25) is 0 Å². The van der Waals surface area contributed by atoms with Crippen LogP contribution < -0.4 is 0 Å². The van der Waals surface area contributed by atoms with E-state index in [0.29, 0.717) is 25.5 Å². The summed E-state index contributed by atoms with van der Waals surface area (Å²) in [7, 11) is 0. The van der Waals surface area contributed by atoms with Gasteiger partial charge in [-0.05, 0) is 30.5 Å². The third-order valence-electron chi connectivity index (χ3n) is 3.76. The zero-order valence-electron chi connectivity index (χ0n) is 11.9. The number of nitrogens with zero attached hydrogens (tertiary/aromatic N) is 1. The summed E-state index contributed by atoms with van der Waals surface area (Å²) in [5, 5.41) is 0. The molecule has 4 nitrogen and oxygen atoms in total. The van der Waals surface area contributed by atoms with Crippen molar-refractivity contribution in [3.63, 3.8) is 0 Å². The molecule has 1 aliphatic heterocycles. The Hall–Kier alpha value is -2.07. The minimum Gasteiger partial charge on any atom is -0.459 e. The van der Waals surface area contributed by atoms with E-state index in [-0.39, 0.29) is 12.0 Å². The third kappa shape index (κ3) is 3.52. The number of morpholine rings is 1. The van der Waals surface area contributed by atoms with Crippen molar-refractivity contribution in [1.29, 1.82) is 0 Å². The summed E-state index contributed by atoms with van der Waals surface area (Å²) in [6.45, 7) is 1.85. The van der Waals surface area contributed by atoms with E-state index in [0.717, 1.165) is 12.8 Å². The molecule has 0 bridgehead atoms. The summed E-state index contributed by atoms with van der Waals surface area (Å²) in [5.41, 5.74) is 1.30. The summed E-state index contributed by atoms with van der Waals surface area (Å²) in [5.74, 6) is 0.353. The number of carbonyl (C=O) groups excluding carboxylic acids is 1. The van der Waals surface area contributed by atoms with Gasteiger partial charge in [0.15, 0.2) is 5.76 Å². The predicted molar refractivity (Wildman–Crippen MR) is 79.1 cm³/mol. The van der Waals surface area contributed by atoms with Gasteiger partial charge in [0.1, 0.15) is 0 Å². The van der Waals surface area contributed by atoms with Crippen molar-refractivity contribution in [3.05, 3.63) is 60.1 Å². The van der Waals surface area contributed by atoms with E-state index in [1.54, 1.807) is 12.1 Å². The molecule has 4 heteroatoms. The highest BCUT2D eigenvalue weighted by Gasteiger charge is 2.26. The lowest BCUT2D eigenvalue weighted by molar-refractivity contribution is -0.0255. The molecule has 3 rings (SSSR count). The zero-order valence-corrected chi connectivity index (χ0v) is 11.9. The van der Waals surface area contributed by atoms with Crippen LogP contribution in [0, 0.1) is 0 Å². The van der Waals surface area contributed by atoms with Gasteiger partial charge in [-0.25, -0.2) is 0 Å². The van der Waals surface area contributed by atoms with Crippen LogP contribution in [0.3, 0.4) is 0 Å². The number of rotatable bonds is 4. The number of hydrogen-bond donors (Lipinski definition) is 0. The molecular weight excluding hydrogens is 266 g/mol. The van der Waals surface area contributed by atoms with Gasteiger partial charge in [-0.15, -0.1) is 0 Å². The fourth-order valence-corrected chi connectivity index (χ4v) is 2.61. The third-order valence-corrected chi connectivity index (χ3v) is 3.76. The van der Waals surface area contributed by atoms with Gasteiger partial charge in [0.05, 0.1) is 19.0 Å². The Labute approximate surface area is 124 Å². The minimum absolute atomic E-state index is 0.0481. The number of aryl methyl sites for hydroxylation is 1. The van der Waals surface area contributed by atoms with E-state index < -0.39 is 0 Å². The Balaban J connectivity index is 1.55. The van der Waals surface area contributed by atoms with Crippen LogP contribution in [0.5, 0.6) is 0 Å². The summed E-state index contributed by atoms with van der Waals surface area (Å²) >= 11 is 0. The first-order valence-corrected chi connectivity index (χ1v) is 7.31. The lowest BCUT2D eigenvalue weighted by Crippen LogP contribution is -2.45. The SMILES string of the molecule is O=C(c1ccco1)N1CCOC(CCc2ccccc2)C1. The summed E-state index contributed by atoms with van der Waals surface area (Å²) in [4.78, 5) is 14.1. The highest BCUT2D eigenvalue weighted by atomic mass is 16.5. The van der Waals surface area contributed by atoms with E-state index in [9.17, 15) is 4.79 Å². The molecule has 21 heavy (non-hydrogen) atoms. The lowest BCUT2D eigenvalue weighted by Gasteiger charge is -2.32. The number of ether oxygens (including phenoxy) is 1. The van der Waals surface area contributed by atoms with Crippen LogP contribution in [0.15, 0.2) is 53.1 Å². The molecule has 0 radical (unpaired) electrons. The van der Waals surface area contributed by atoms with Crippen molar-refractivity contribution >= 4 is 5.91 Å². The van der Waals surface area contributed by atoms with Gasteiger partial charge in [0.25, 0.3) is 5.91 Å². The maximum Gasteiger partial charge on any atom is 0.289 e. The molecule has 0 aliphatic carbocycles. The van der Waals surface area contributed by atoms with Gasteiger partial charge in [-0.1, -0.05) is 30.3 Å². The summed E-state index contributed by atoms with van der Waals surface area (Å²) in [6.07, 6.45) is 3.51. The average molecular weight is 285 g/mol. The number of hydrogen-bond acceptors (Lipinski definition) is 3. The maximum atomic E-state index is 12.3. The van der Waals surface area contributed by atoms with Crippen molar-refractivity contribution in [2.45, 2.75) is 18.9 Å². The van der Waals surface area contributed by atoms with Gasteiger partial charge in [-0.3, -0.25) is 4.79 Å². The Kier molecular flexibility index (Phi) is 4.36. The minimum atomic E-state index is -0.0481. The van der Waals surface area contributed by atoms with Gasteiger partial charge in [0, 0.05) is 13.1 Å². The lowest BCUT2D eigenvalue weighted by atomic mass is 10.1. The quantitative estimate of drug-likeness (QED) is 0.867. The second-order valence-corrected chi connectivity index (χ2v) is 5.25. The van der Waals surface area contributed by atoms with Crippen molar-refractivity contribution < 1.29 is 13.9 Å². The van der Waals surface area contributed by atoms with E-state index in [4.69, 9.17) is 9.15 Å². The molecule has 1 aromatic carbocycles. The summed E-state index contributed by atoms with van der Waals surface area (Å²) in [6, 6.07) is 13.8. The molecule has 0 N–H and O–H groups in total. The van der Waals surface area contributed by atoms with Gasteiger partial charge in [-0.2, -0.15) is 0 Å². The molecule has 0 spiro atoms. The molecule has 1 amide bonds. The fourth-order valence-electron chi connectivity index (χ4n) is 2.61. The van der Waals surface area contributed by atoms with E-state index in [1.165, 1.54) is 11.8 Å². The van der Waals surface area contributed by atoms with Crippen LogP contribution >= 0.6 is 0 Å². The molecule has 0 saturated carbocycles. The van der Waals surface area contributed by atoms with Crippen LogP contribution in [-0.2, 0) is 11.2 Å². The van der Waals surface area contributed by atoms with E-state index in [1.807, 2.05) is 23.1 Å². The number of amides is 1. The van der Waals surface area contributed by atoms with Gasteiger partial charge < -0.3 is 14.1 Å². The Bertz CT molecular complexity index is 565. The van der Waals surface area contributed by atoms with Crippen LogP contribution in [0.2, 0.25) is 0 Å². The standard InChI is InChI=1S/C17H19NO3/c19-17(16-7-4-11-21-16)18-10-12-20-15(13-18)9-8-14-5-2-1-3-6-14/h1-7,11,15H,8-10,12-13H2. The van der Waals surface area contributed by atoms with Crippen LogP contribution in [-0.4, -0.2) is 36.6 Å². The molecule has 1 aliphatic rings. The molecule has 110 valence electrons. The number of benzene rings is 1. The molecule has 1 aromatic heterocycles. The first-order valence-electron chi connectivity index (χ1n) is 7.31. The van der Waals surface area contributed by atoms with Crippen molar-refractivity contribution in [3.8, 4) is 0 Å². The number of carbonyl (C=O) groups is 1. The molecule has 2 aromatic rings. The molecule has 1 unspecified atom stereocenters. The molecule has 1 saturated heterocycles. The molecular formula is C17H19NO3. The van der Waals surface area contributed by atoms with Crippen LogP contribution in [0.1, 0.15) is 22.5 Å². The smallest absolute Gasteiger partial charge is 0.289 e. The van der Waals surface area contributed by atoms with Gasteiger partial charge >= 0.3 is 0 Å². The predicted octanol–water partition coefficient (Wildman–Crippen LogP) is 2.75. The van der Waals surface area contributed by atoms with Crippen molar-refractivity contribution in [2.75, 3.05) is 19.7 Å². The Morgan fingerprint density at radius 2 is 2.05 bits per heavy atom. The Morgan fingerprint density at radius 3 is 2.81 bits per heavy atom. The van der Waals surface area contributed by atoms with Crippen molar-refractivity contribution in [1.82, 2.24) is 4.90 Å². The fraction of sp³-hybridized carbons (Fsp3) is 0.353. The first-order chi connectivity index (χ1) is 10.3.